The Morgan fingerprint density at radius 2 is 1.60 bits per heavy atom. The zero-order valence-electron chi connectivity index (χ0n) is 26.4. The van der Waals surface area contributed by atoms with E-state index < -0.39 is 6.09 Å². The highest BCUT2D eigenvalue weighted by atomic mass is 16.6. The zero-order chi connectivity index (χ0) is 32.0. The number of allylic oxidation sites excluding steroid dienone is 4. The predicted molar refractivity (Wildman–Crippen MR) is 178 cm³/mol. The molecule has 2 fully saturated rings. The number of hydrogen-bond donors (Lipinski definition) is 2. The standard InChI is InChI=1S/C36H47N5O4/c1-28(30-10-6-3-7-11-30)9-5-4-8-20-38-36(44)45-33-18-23-40(24-19-33)26-25-39(2)35(43)32-14-12-29(13-15-32)27-41-21-16-31(17-22-41)34(37)42/h3-15,31,33H,1,16-27H2,2H3,(H2,37,42)(H,38,44)/b8-4-,9-5-. The van der Waals surface area contributed by atoms with Crippen molar-refractivity contribution >= 4 is 23.5 Å². The van der Waals surface area contributed by atoms with Crippen LogP contribution in [-0.4, -0.2) is 91.6 Å². The highest BCUT2D eigenvalue weighted by Crippen LogP contribution is 2.19. The normalized spacial score (nSPS) is 17.0. The van der Waals surface area contributed by atoms with Gasteiger partial charge in [0.2, 0.25) is 5.91 Å². The van der Waals surface area contributed by atoms with Gasteiger partial charge in [-0.1, -0.05) is 73.3 Å². The summed E-state index contributed by atoms with van der Waals surface area (Å²) in [6.45, 7) is 10.0. The number of nitrogens with one attached hydrogen (secondary N) is 1. The first-order valence-electron chi connectivity index (χ1n) is 15.9. The Kier molecular flexibility index (Phi) is 13.0. The van der Waals surface area contributed by atoms with Gasteiger partial charge in [0, 0.05) is 57.8 Å². The number of nitrogens with two attached hydrogens (primary N) is 1. The van der Waals surface area contributed by atoms with Crippen LogP contribution in [-0.2, 0) is 16.1 Å². The van der Waals surface area contributed by atoms with E-state index in [1.54, 1.807) is 4.90 Å². The predicted octanol–water partition coefficient (Wildman–Crippen LogP) is 4.47. The van der Waals surface area contributed by atoms with Crippen LogP contribution in [0.4, 0.5) is 4.79 Å². The quantitative estimate of drug-likeness (QED) is 0.323. The molecule has 0 unspecified atom stereocenters. The number of nitrogens with zero attached hydrogens (tertiary/aromatic N) is 3. The summed E-state index contributed by atoms with van der Waals surface area (Å²) >= 11 is 0. The molecular formula is C36H47N5O4. The van der Waals surface area contributed by atoms with E-state index in [1.165, 1.54) is 0 Å². The monoisotopic (exact) mass is 613 g/mol. The molecule has 0 aromatic heterocycles. The van der Waals surface area contributed by atoms with Crippen molar-refractivity contribution in [1.82, 2.24) is 20.0 Å². The molecule has 0 radical (unpaired) electrons. The average molecular weight is 614 g/mol. The number of carbonyl (C=O) groups is 3. The van der Waals surface area contributed by atoms with Crippen LogP contribution >= 0.6 is 0 Å². The van der Waals surface area contributed by atoms with Crippen LogP contribution < -0.4 is 11.1 Å². The fourth-order valence-corrected chi connectivity index (χ4v) is 5.65. The Morgan fingerprint density at radius 3 is 2.27 bits per heavy atom. The van der Waals surface area contributed by atoms with Crippen LogP contribution in [0, 0.1) is 5.92 Å². The number of carbonyl (C=O) groups excluding carboxylic acids is 3. The Morgan fingerprint density at radius 1 is 0.933 bits per heavy atom. The summed E-state index contributed by atoms with van der Waals surface area (Å²) in [7, 11) is 1.84. The van der Waals surface area contributed by atoms with Crippen molar-refractivity contribution in [2.75, 3.05) is 52.9 Å². The van der Waals surface area contributed by atoms with Crippen LogP contribution in [0.5, 0.6) is 0 Å². The molecule has 3 N–H and O–H groups in total. The lowest BCUT2D eigenvalue weighted by Crippen LogP contribution is -2.43. The third kappa shape index (κ3) is 11.0. The molecule has 2 saturated heterocycles. The smallest absolute Gasteiger partial charge is 0.407 e. The SMILES string of the molecule is C=C(/C=C\C=C/CNC(=O)OC1CCN(CCN(C)C(=O)c2ccc(CN3CCC(C(N)=O)CC3)cc2)CC1)c1ccccc1. The number of likely N-dealkylation sites (tertiary alicyclic amines) is 2. The molecule has 3 amide bonds. The first-order chi connectivity index (χ1) is 21.8. The minimum Gasteiger partial charge on any atom is -0.446 e. The lowest BCUT2D eigenvalue weighted by molar-refractivity contribution is -0.123. The minimum atomic E-state index is -0.403. The van der Waals surface area contributed by atoms with Gasteiger partial charge in [0.25, 0.3) is 5.91 Å². The molecule has 2 heterocycles. The van der Waals surface area contributed by atoms with Gasteiger partial charge >= 0.3 is 6.09 Å². The maximum absolute atomic E-state index is 13.0. The molecule has 2 aromatic rings. The van der Waals surface area contributed by atoms with E-state index in [9.17, 15) is 14.4 Å². The lowest BCUT2D eigenvalue weighted by atomic mass is 9.96. The third-order valence-corrected chi connectivity index (χ3v) is 8.56. The molecule has 0 aliphatic carbocycles. The fourth-order valence-electron chi connectivity index (χ4n) is 5.65. The van der Waals surface area contributed by atoms with Crippen molar-refractivity contribution in [1.29, 1.82) is 0 Å². The van der Waals surface area contributed by atoms with Crippen molar-refractivity contribution in [3.63, 3.8) is 0 Å². The maximum Gasteiger partial charge on any atom is 0.407 e. The lowest BCUT2D eigenvalue weighted by Gasteiger charge is -2.32. The van der Waals surface area contributed by atoms with Gasteiger partial charge in [0.15, 0.2) is 0 Å². The Balaban J connectivity index is 1.08. The van der Waals surface area contributed by atoms with Crippen molar-refractivity contribution in [2.24, 2.45) is 11.7 Å². The number of hydrogen-bond acceptors (Lipinski definition) is 6. The van der Waals surface area contributed by atoms with Gasteiger partial charge in [0.1, 0.15) is 6.10 Å². The molecule has 9 nitrogen and oxygen atoms in total. The Bertz CT molecular complexity index is 1320. The number of rotatable bonds is 13. The van der Waals surface area contributed by atoms with Gasteiger partial charge < -0.3 is 25.6 Å². The van der Waals surface area contributed by atoms with E-state index in [0.29, 0.717) is 18.7 Å². The summed E-state index contributed by atoms with van der Waals surface area (Å²) in [5.41, 5.74) is 9.27. The molecule has 2 aliphatic rings. The molecule has 2 aromatic carbocycles. The van der Waals surface area contributed by atoms with Crippen molar-refractivity contribution < 1.29 is 19.1 Å². The van der Waals surface area contributed by atoms with Gasteiger partial charge in [-0.15, -0.1) is 0 Å². The molecule has 45 heavy (non-hydrogen) atoms. The van der Waals surface area contributed by atoms with Crippen molar-refractivity contribution in [3.8, 4) is 0 Å². The second kappa shape index (κ2) is 17.3. The number of piperidine rings is 2. The van der Waals surface area contributed by atoms with Crippen molar-refractivity contribution in [3.05, 3.63) is 102 Å². The second-order valence-corrected chi connectivity index (χ2v) is 11.9. The van der Waals surface area contributed by atoms with E-state index in [-0.39, 0.29) is 23.8 Å². The molecule has 240 valence electrons. The molecule has 0 saturated carbocycles. The summed E-state index contributed by atoms with van der Waals surface area (Å²) < 4.78 is 5.61. The zero-order valence-corrected chi connectivity index (χ0v) is 26.4. The average Bonchev–Trinajstić information content (AvgIpc) is 3.06. The number of alkyl carbamates (subject to hydrolysis) is 1. The van der Waals surface area contributed by atoms with E-state index in [2.05, 4.69) is 21.7 Å². The molecule has 0 bridgehead atoms. The number of ether oxygens (including phenoxy) is 1. The van der Waals surface area contributed by atoms with Crippen LogP contribution in [0.3, 0.4) is 0 Å². The number of primary amides is 1. The molecule has 4 rings (SSSR count). The third-order valence-electron chi connectivity index (χ3n) is 8.56. The van der Waals surface area contributed by atoms with Crippen LogP contribution in [0.1, 0.15) is 47.2 Å². The first-order valence-corrected chi connectivity index (χ1v) is 15.9. The molecule has 0 spiro atoms. The molecular weight excluding hydrogens is 566 g/mol. The van der Waals surface area contributed by atoms with Crippen molar-refractivity contribution in [2.45, 2.75) is 38.3 Å². The van der Waals surface area contributed by atoms with Gasteiger partial charge in [-0.05, 0) is 67.6 Å². The highest BCUT2D eigenvalue weighted by molar-refractivity contribution is 5.94. The number of benzene rings is 2. The van der Waals surface area contributed by atoms with E-state index in [1.807, 2.05) is 85.9 Å². The van der Waals surface area contributed by atoms with Gasteiger partial charge in [-0.3, -0.25) is 14.5 Å². The van der Waals surface area contributed by atoms with Gasteiger partial charge in [-0.2, -0.15) is 0 Å². The summed E-state index contributed by atoms with van der Waals surface area (Å²) in [5, 5.41) is 2.78. The first kappa shape index (κ1) is 33.7. The number of amides is 3. The maximum atomic E-state index is 13.0. The molecule has 9 heteroatoms. The Hall–Kier alpha value is -4.21. The topological polar surface area (TPSA) is 108 Å². The molecule has 0 atom stereocenters. The van der Waals surface area contributed by atoms with E-state index in [0.717, 1.165) is 81.7 Å². The van der Waals surface area contributed by atoms with Gasteiger partial charge in [0.05, 0.1) is 0 Å². The summed E-state index contributed by atoms with van der Waals surface area (Å²) in [6, 6.07) is 17.8. The molecule has 2 aliphatic heterocycles. The highest BCUT2D eigenvalue weighted by Gasteiger charge is 2.24. The minimum absolute atomic E-state index is 0.00406. The van der Waals surface area contributed by atoms with E-state index in [4.69, 9.17) is 10.5 Å². The summed E-state index contributed by atoms with van der Waals surface area (Å²) in [4.78, 5) is 43.0. The largest absolute Gasteiger partial charge is 0.446 e. The van der Waals surface area contributed by atoms with E-state index >= 15 is 0 Å². The Labute approximate surface area is 267 Å². The van der Waals surface area contributed by atoms with Gasteiger partial charge in [-0.25, -0.2) is 4.79 Å². The summed E-state index contributed by atoms with van der Waals surface area (Å²) in [6.07, 6.45) is 10.2. The van der Waals surface area contributed by atoms with Crippen LogP contribution in [0.2, 0.25) is 0 Å². The van der Waals surface area contributed by atoms with Crippen LogP contribution in [0.25, 0.3) is 5.57 Å². The number of likely N-dealkylation sites (N-methyl/N-ethyl adjacent to an activating group) is 1. The summed E-state index contributed by atoms with van der Waals surface area (Å²) in [5.74, 6) is -0.206. The van der Waals surface area contributed by atoms with Crippen LogP contribution in [0.15, 0.2) is 85.5 Å². The fraction of sp³-hybridized carbons (Fsp3) is 0.417. The second-order valence-electron chi connectivity index (χ2n) is 11.9.